The molecule has 2 fully saturated rings. The first-order chi connectivity index (χ1) is 13.8. The third-order valence-electron chi connectivity index (χ3n) is 5.45. The van der Waals surface area contributed by atoms with Crippen LogP contribution in [0.5, 0.6) is 0 Å². The lowest BCUT2D eigenvalue weighted by Crippen LogP contribution is -2.63. The number of ether oxygens (including phenoxy) is 3. The van der Waals surface area contributed by atoms with Crippen molar-refractivity contribution >= 4 is 0 Å². The number of hydrogen-bond acceptors (Lipinski definition) is 6. The average Bonchev–Trinajstić information content (AvgIpc) is 3.17. The molecule has 0 spiro atoms. The second kappa shape index (κ2) is 9.13. The van der Waals surface area contributed by atoms with E-state index in [-0.39, 0.29) is 18.2 Å². The second-order valence-corrected chi connectivity index (χ2v) is 7.31. The fraction of sp³-hybridized carbons (Fsp3) is 0.455. The highest BCUT2D eigenvalue weighted by molar-refractivity contribution is 5.63. The molecule has 0 aliphatic carbocycles. The van der Waals surface area contributed by atoms with Crippen LogP contribution in [-0.4, -0.2) is 62.6 Å². The van der Waals surface area contributed by atoms with Crippen molar-refractivity contribution in [2.24, 2.45) is 0 Å². The first-order valence-electron chi connectivity index (χ1n) is 9.81. The van der Waals surface area contributed by atoms with Gasteiger partial charge in [0, 0.05) is 20.2 Å². The summed E-state index contributed by atoms with van der Waals surface area (Å²) in [5.41, 5.74) is 3.56. The Kier molecular flexibility index (Phi) is 6.36. The number of aliphatic hydroxyl groups is 1. The van der Waals surface area contributed by atoms with E-state index in [1.165, 1.54) is 11.1 Å². The minimum absolute atomic E-state index is 0.135. The number of rotatable bonds is 8. The molecule has 6 heteroatoms. The van der Waals surface area contributed by atoms with Crippen LogP contribution in [0.3, 0.4) is 0 Å². The summed E-state index contributed by atoms with van der Waals surface area (Å²) in [6.07, 6.45) is -1.13. The molecular formula is C22H28N2O4. The van der Waals surface area contributed by atoms with Gasteiger partial charge in [0.1, 0.15) is 6.10 Å². The summed E-state index contributed by atoms with van der Waals surface area (Å²) in [7, 11) is 1.66. The summed E-state index contributed by atoms with van der Waals surface area (Å²) in [6, 6.07) is 18.4. The molecule has 150 valence electrons. The van der Waals surface area contributed by atoms with Crippen LogP contribution in [0.2, 0.25) is 0 Å². The Labute approximate surface area is 165 Å². The number of methoxy groups -OCH3 is 1. The molecule has 2 aromatic carbocycles. The van der Waals surface area contributed by atoms with Gasteiger partial charge in [-0.2, -0.15) is 0 Å². The van der Waals surface area contributed by atoms with Crippen LogP contribution in [0.4, 0.5) is 0 Å². The van der Waals surface area contributed by atoms with E-state index in [0.717, 1.165) is 5.56 Å². The van der Waals surface area contributed by atoms with Crippen molar-refractivity contribution in [2.45, 2.75) is 37.1 Å². The molecule has 2 heterocycles. The SMILES string of the molecule is COCCNC1C2OCC(O2)C(NCc2ccc(-c3ccccc3)cc2)C1O. The van der Waals surface area contributed by atoms with Crippen molar-refractivity contribution in [2.75, 3.05) is 26.9 Å². The Morgan fingerprint density at radius 2 is 1.75 bits per heavy atom. The van der Waals surface area contributed by atoms with Crippen LogP contribution >= 0.6 is 0 Å². The number of fused-ring (bicyclic) bond motifs is 2. The smallest absolute Gasteiger partial charge is 0.176 e. The van der Waals surface area contributed by atoms with Gasteiger partial charge < -0.3 is 30.0 Å². The molecular weight excluding hydrogens is 356 g/mol. The average molecular weight is 384 g/mol. The minimum Gasteiger partial charge on any atom is -0.390 e. The molecule has 6 nitrogen and oxygen atoms in total. The summed E-state index contributed by atoms with van der Waals surface area (Å²) in [5, 5.41) is 17.6. The quantitative estimate of drug-likeness (QED) is 0.600. The lowest BCUT2D eigenvalue weighted by Gasteiger charge is -2.39. The largest absolute Gasteiger partial charge is 0.390 e. The molecule has 0 saturated carbocycles. The molecule has 5 atom stereocenters. The normalized spacial score (nSPS) is 29.1. The van der Waals surface area contributed by atoms with Crippen molar-refractivity contribution in [3.8, 4) is 11.1 Å². The topological polar surface area (TPSA) is 72.0 Å². The van der Waals surface area contributed by atoms with Crippen LogP contribution in [-0.2, 0) is 20.8 Å². The molecule has 5 unspecified atom stereocenters. The zero-order valence-electron chi connectivity index (χ0n) is 16.1. The van der Waals surface area contributed by atoms with E-state index < -0.39 is 12.4 Å². The number of benzene rings is 2. The Bertz CT molecular complexity index is 740. The molecule has 2 saturated heterocycles. The maximum absolute atomic E-state index is 10.9. The zero-order chi connectivity index (χ0) is 19.3. The zero-order valence-corrected chi connectivity index (χ0v) is 16.1. The summed E-state index contributed by atoms with van der Waals surface area (Å²) in [5.74, 6) is 0. The maximum Gasteiger partial charge on any atom is 0.176 e. The van der Waals surface area contributed by atoms with Gasteiger partial charge in [-0.15, -0.1) is 0 Å². The van der Waals surface area contributed by atoms with Gasteiger partial charge in [-0.05, 0) is 16.7 Å². The number of hydrogen-bond donors (Lipinski definition) is 3. The van der Waals surface area contributed by atoms with Gasteiger partial charge in [-0.3, -0.25) is 0 Å². The lowest BCUT2D eigenvalue weighted by atomic mass is 9.95. The monoisotopic (exact) mass is 384 g/mol. The minimum atomic E-state index is -0.591. The molecule has 3 N–H and O–H groups in total. The fourth-order valence-electron chi connectivity index (χ4n) is 3.90. The highest BCUT2D eigenvalue weighted by Crippen LogP contribution is 2.28. The second-order valence-electron chi connectivity index (χ2n) is 7.31. The molecule has 4 rings (SSSR count). The van der Waals surface area contributed by atoms with Crippen LogP contribution in [0.15, 0.2) is 54.6 Å². The predicted molar refractivity (Wildman–Crippen MR) is 107 cm³/mol. The summed E-state index contributed by atoms with van der Waals surface area (Å²) >= 11 is 0. The summed E-state index contributed by atoms with van der Waals surface area (Å²) in [4.78, 5) is 0. The Balaban J connectivity index is 1.37. The van der Waals surface area contributed by atoms with Gasteiger partial charge in [0.05, 0.1) is 31.4 Å². The molecule has 2 aromatic rings. The third kappa shape index (κ3) is 4.27. The molecule has 0 amide bonds. The van der Waals surface area contributed by atoms with E-state index in [1.807, 2.05) is 18.2 Å². The summed E-state index contributed by atoms with van der Waals surface area (Å²) < 4.78 is 16.7. The lowest BCUT2D eigenvalue weighted by molar-refractivity contribution is -0.153. The van der Waals surface area contributed by atoms with Crippen LogP contribution in [0.25, 0.3) is 11.1 Å². The van der Waals surface area contributed by atoms with Crippen molar-refractivity contribution in [1.82, 2.24) is 10.6 Å². The van der Waals surface area contributed by atoms with Gasteiger partial charge in [-0.25, -0.2) is 0 Å². The van der Waals surface area contributed by atoms with E-state index >= 15 is 0 Å². The number of nitrogens with one attached hydrogen (secondary N) is 2. The van der Waals surface area contributed by atoms with E-state index in [4.69, 9.17) is 14.2 Å². The molecule has 0 aromatic heterocycles. The maximum atomic E-state index is 10.9. The van der Waals surface area contributed by atoms with Crippen molar-refractivity contribution < 1.29 is 19.3 Å². The standard InChI is InChI=1S/C22H28N2O4/c1-26-12-11-23-20-21(25)19(18-14-27-22(20)28-18)24-13-15-7-9-17(10-8-15)16-5-3-2-4-6-16/h2-10,18-25H,11-14H2,1H3. The molecule has 0 radical (unpaired) electrons. The van der Waals surface area contributed by atoms with Crippen molar-refractivity contribution in [3.05, 3.63) is 60.2 Å². The van der Waals surface area contributed by atoms with Crippen molar-refractivity contribution in [1.29, 1.82) is 0 Å². The van der Waals surface area contributed by atoms with Crippen LogP contribution < -0.4 is 10.6 Å². The predicted octanol–water partition coefficient (Wildman–Crippen LogP) is 1.53. The van der Waals surface area contributed by atoms with Gasteiger partial charge >= 0.3 is 0 Å². The first-order valence-corrected chi connectivity index (χ1v) is 9.81. The Hall–Kier alpha value is -1.80. The highest BCUT2D eigenvalue weighted by Gasteiger charge is 2.49. The Morgan fingerprint density at radius 1 is 1.00 bits per heavy atom. The van der Waals surface area contributed by atoms with Gasteiger partial charge in [0.15, 0.2) is 6.29 Å². The van der Waals surface area contributed by atoms with Crippen LogP contribution in [0.1, 0.15) is 5.56 Å². The van der Waals surface area contributed by atoms with Crippen molar-refractivity contribution in [3.63, 3.8) is 0 Å². The molecule has 2 aliphatic rings. The third-order valence-corrected chi connectivity index (χ3v) is 5.45. The van der Waals surface area contributed by atoms with Gasteiger partial charge in [0.25, 0.3) is 0 Å². The summed E-state index contributed by atoms with van der Waals surface area (Å²) in [6.45, 7) is 2.37. The van der Waals surface area contributed by atoms with E-state index in [1.54, 1.807) is 7.11 Å². The first kappa shape index (κ1) is 19.5. The van der Waals surface area contributed by atoms with E-state index in [2.05, 4.69) is 47.0 Å². The fourth-order valence-corrected chi connectivity index (χ4v) is 3.90. The van der Waals surface area contributed by atoms with E-state index in [0.29, 0.717) is 26.3 Å². The number of aliphatic hydroxyl groups excluding tert-OH is 1. The molecule has 28 heavy (non-hydrogen) atoms. The van der Waals surface area contributed by atoms with E-state index in [9.17, 15) is 5.11 Å². The highest BCUT2D eigenvalue weighted by atomic mass is 16.7. The molecule has 2 aliphatic heterocycles. The van der Waals surface area contributed by atoms with Gasteiger partial charge in [-0.1, -0.05) is 54.6 Å². The Morgan fingerprint density at radius 3 is 2.50 bits per heavy atom. The van der Waals surface area contributed by atoms with Gasteiger partial charge in [0.2, 0.25) is 0 Å². The van der Waals surface area contributed by atoms with Crippen LogP contribution in [0, 0.1) is 0 Å². The molecule has 2 bridgehead atoms.